The van der Waals surface area contributed by atoms with E-state index in [1.54, 1.807) is 0 Å². The van der Waals surface area contributed by atoms with E-state index in [2.05, 4.69) is 4.74 Å². The van der Waals surface area contributed by atoms with Crippen LogP contribution in [0.4, 0.5) is 22.0 Å². The quantitative estimate of drug-likeness (QED) is 0.533. The van der Waals surface area contributed by atoms with Gasteiger partial charge in [0.25, 0.3) is 6.43 Å². The van der Waals surface area contributed by atoms with Crippen molar-refractivity contribution in [2.45, 2.75) is 19.0 Å². The fourth-order valence-electron chi connectivity index (χ4n) is 1.12. The standard InChI is InChI=1S/C9H14F5NO3/c10-7(11)5-18-4-1-8(17)15(2-3-16)6-9(12,13)14/h7,16H,1-6H2. The molecule has 0 aromatic carbocycles. The number of alkyl halides is 5. The highest BCUT2D eigenvalue weighted by Gasteiger charge is 2.32. The molecule has 0 atom stereocenters. The fourth-order valence-corrected chi connectivity index (χ4v) is 1.12. The summed E-state index contributed by atoms with van der Waals surface area (Å²) in [5, 5.41) is 8.54. The number of amides is 1. The van der Waals surface area contributed by atoms with Crippen LogP contribution in [0.2, 0.25) is 0 Å². The van der Waals surface area contributed by atoms with Crippen molar-refractivity contribution < 1.29 is 36.6 Å². The van der Waals surface area contributed by atoms with Crippen molar-refractivity contribution in [3.63, 3.8) is 0 Å². The molecule has 0 fully saturated rings. The molecule has 18 heavy (non-hydrogen) atoms. The zero-order chi connectivity index (χ0) is 14.2. The Kier molecular flexibility index (Phi) is 7.76. The van der Waals surface area contributed by atoms with E-state index < -0.39 is 51.2 Å². The molecule has 1 N–H and O–H groups in total. The molecule has 0 unspecified atom stereocenters. The third kappa shape index (κ3) is 9.11. The molecule has 108 valence electrons. The van der Waals surface area contributed by atoms with Gasteiger partial charge in [-0.25, -0.2) is 8.78 Å². The maximum atomic E-state index is 12.1. The second-order valence-electron chi connectivity index (χ2n) is 3.37. The minimum Gasteiger partial charge on any atom is -0.395 e. The molecule has 0 radical (unpaired) electrons. The largest absolute Gasteiger partial charge is 0.406 e. The van der Waals surface area contributed by atoms with Crippen molar-refractivity contribution in [1.82, 2.24) is 4.90 Å². The van der Waals surface area contributed by atoms with Crippen LogP contribution in [0.1, 0.15) is 6.42 Å². The van der Waals surface area contributed by atoms with E-state index in [9.17, 15) is 26.7 Å². The van der Waals surface area contributed by atoms with Crippen LogP contribution in [0.3, 0.4) is 0 Å². The molecule has 0 aliphatic rings. The van der Waals surface area contributed by atoms with Crippen LogP contribution in [-0.4, -0.2) is 61.4 Å². The van der Waals surface area contributed by atoms with Gasteiger partial charge < -0.3 is 14.7 Å². The van der Waals surface area contributed by atoms with Gasteiger partial charge in [0.15, 0.2) is 0 Å². The zero-order valence-electron chi connectivity index (χ0n) is 9.42. The van der Waals surface area contributed by atoms with E-state index in [0.29, 0.717) is 4.90 Å². The van der Waals surface area contributed by atoms with E-state index >= 15 is 0 Å². The molecule has 0 aliphatic heterocycles. The van der Waals surface area contributed by atoms with Crippen molar-refractivity contribution >= 4 is 5.91 Å². The Bertz CT molecular complexity index is 247. The summed E-state index contributed by atoms with van der Waals surface area (Å²) in [6.07, 6.45) is -7.71. The Labute approximate surface area is 100 Å². The second kappa shape index (κ2) is 8.20. The van der Waals surface area contributed by atoms with E-state index in [4.69, 9.17) is 5.11 Å². The van der Waals surface area contributed by atoms with E-state index in [-0.39, 0.29) is 6.61 Å². The van der Waals surface area contributed by atoms with Crippen LogP contribution in [0.15, 0.2) is 0 Å². The van der Waals surface area contributed by atoms with Crippen LogP contribution in [0, 0.1) is 0 Å². The van der Waals surface area contributed by atoms with Gasteiger partial charge in [-0.3, -0.25) is 4.79 Å². The first-order valence-corrected chi connectivity index (χ1v) is 5.07. The molecule has 0 aromatic rings. The molecule has 0 bridgehead atoms. The zero-order valence-corrected chi connectivity index (χ0v) is 9.42. The number of ether oxygens (including phenoxy) is 1. The van der Waals surface area contributed by atoms with Gasteiger partial charge in [0.2, 0.25) is 5.91 Å². The molecule has 1 amide bonds. The van der Waals surface area contributed by atoms with E-state index in [1.807, 2.05) is 0 Å². The topological polar surface area (TPSA) is 49.8 Å². The van der Waals surface area contributed by atoms with Gasteiger partial charge >= 0.3 is 6.18 Å². The Morgan fingerprint density at radius 3 is 2.39 bits per heavy atom. The average molecular weight is 279 g/mol. The van der Waals surface area contributed by atoms with Gasteiger partial charge in [-0.1, -0.05) is 0 Å². The van der Waals surface area contributed by atoms with Gasteiger partial charge in [-0.05, 0) is 0 Å². The van der Waals surface area contributed by atoms with Crippen LogP contribution in [-0.2, 0) is 9.53 Å². The summed E-state index contributed by atoms with van der Waals surface area (Å²) in [5.74, 6) is -0.907. The third-order valence-electron chi connectivity index (χ3n) is 1.80. The van der Waals surface area contributed by atoms with Crippen molar-refractivity contribution in [3.8, 4) is 0 Å². The summed E-state index contributed by atoms with van der Waals surface area (Å²) < 4.78 is 63.9. The number of nitrogens with zero attached hydrogens (tertiary/aromatic N) is 1. The summed E-state index contributed by atoms with van der Waals surface area (Å²) in [5.41, 5.74) is 0. The minimum atomic E-state index is -4.57. The lowest BCUT2D eigenvalue weighted by Crippen LogP contribution is -2.41. The van der Waals surface area contributed by atoms with Crippen molar-refractivity contribution in [2.75, 3.05) is 32.9 Å². The summed E-state index contributed by atoms with van der Waals surface area (Å²) in [7, 11) is 0. The summed E-state index contributed by atoms with van der Waals surface area (Å²) in [4.78, 5) is 11.7. The van der Waals surface area contributed by atoms with Gasteiger partial charge in [0, 0.05) is 6.54 Å². The predicted molar refractivity (Wildman–Crippen MR) is 51.2 cm³/mol. The molecule has 0 saturated heterocycles. The number of carbonyl (C=O) groups is 1. The highest BCUT2D eigenvalue weighted by atomic mass is 19.4. The fraction of sp³-hybridized carbons (Fsp3) is 0.889. The molecule has 0 heterocycles. The lowest BCUT2D eigenvalue weighted by atomic mass is 10.3. The Balaban J connectivity index is 4.06. The molecule has 0 aliphatic carbocycles. The molecular weight excluding hydrogens is 265 g/mol. The van der Waals surface area contributed by atoms with Crippen molar-refractivity contribution in [2.24, 2.45) is 0 Å². The molecule has 0 saturated carbocycles. The van der Waals surface area contributed by atoms with Gasteiger partial charge in [-0.2, -0.15) is 13.2 Å². The molecular formula is C9H14F5NO3. The molecule has 9 heteroatoms. The lowest BCUT2D eigenvalue weighted by Gasteiger charge is -2.23. The lowest BCUT2D eigenvalue weighted by molar-refractivity contribution is -0.162. The van der Waals surface area contributed by atoms with Crippen LogP contribution in [0.5, 0.6) is 0 Å². The highest BCUT2D eigenvalue weighted by molar-refractivity contribution is 5.76. The number of carbonyl (C=O) groups excluding carboxylic acids is 1. The first kappa shape index (κ1) is 17.0. The van der Waals surface area contributed by atoms with Crippen LogP contribution in [0.25, 0.3) is 0 Å². The van der Waals surface area contributed by atoms with E-state index in [1.165, 1.54) is 0 Å². The first-order valence-electron chi connectivity index (χ1n) is 5.07. The first-order chi connectivity index (χ1) is 8.26. The number of rotatable bonds is 8. The molecule has 0 spiro atoms. The number of hydrogen-bond donors (Lipinski definition) is 1. The molecule has 0 aromatic heterocycles. The molecule has 0 rings (SSSR count). The Hall–Kier alpha value is -0.960. The molecule has 4 nitrogen and oxygen atoms in total. The van der Waals surface area contributed by atoms with Crippen LogP contribution >= 0.6 is 0 Å². The maximum Gasteiger partial charge on any atom is 0.406 e. The monoisotopic (exact) mass is 279 g/mol. The van der Waals surface area contributed by atoms with Crippen molar-refractivity contribution in [3.05, 3.63) is 0 Å². The maximum absolute atomic E-state index is 12.1. The van der Waals surface area contributed by atoms with Gasteiger partial charge in [0.05, 0.1) is 19.6 Å². The predicted octanol–water partition coefficient (Wildman–Crippen LogP) is 1.04. The SMILES string of the molecule is O=C(CCOCC(F)F)N(CCO)CC(F)(F)F. The minimum absolute atomic E-state index is 0.386. The second-order valence-corrected chi connectivity index (χ2v) is 3.37. The van der Waals surface area contributed by atoms with Crippen LogP contribution < -0.4 is 0 Å². The van der Waals surface area contributed by atoms with Crippen molar-refractivity contribution in [1.29, 1.82) is 0 Å². The number of aliphatic hydroxyl groups excluding tert-OH is 1. The number of aliphatic hydroxyl groups is 1. The third-order valence-corrected chi connectivity index (χ3v) is 1.80. The number of halogens is 5. The summed E-state index contributed by atoms with van der Waals surface area (Å²) in [6, 6.07) is 0. The smallest absolute Gasteiger partial charge is 0.395 e. The normalized spacial score (nSPS) is 11.9. The average Bonchev–Trinajstić information content (AvgIpc) is 2.21. The summed E-state index contributed by atoms with van der Waals surface area (Å²) in [6.45, 7) is -3.82. The Morgan fingerprint density at radius 2 is 1.94 bits per heavy atom. The van der Waals surface area contributed by atoms with Gasteiger partial charge in [0.1, 0.15) is 13.2 Å². The van der Waals surface area contributed by atoms with Gasteiger partial charge in [-0.15, -0.1) is 0 Å². The highest BCUT2D eigenvalue weighted by Crippen LogP contribution is 2.16. The van der Waals surface area contributed by atoms with E-state index in [0.717, 1.165) is 0 Å². The summed E-state index contributed by atoms with van der Waals surface area (Å²) >= 11 is 0. The Morgan fingerprint density at radius 1 is 1.33 bits per heavy atom. The number of hydrogen-bond acceptors (Lipinski definition) is 3.